The van der Waals surface area contributed by atoms with E-state index in [1.165, 1.54) is 32.3 Å². The quantitative estimate of drug-likeness (QED) is 0.584. The van der Waals surface area contributed by atoms with Crippen molar-refractivity contribution >= 4 is 50.0 Å². The molecule has 0 unspecified atom stereocenters. The Morgan fingerprint density at radius 2 is 1.73 bits per heavy atom. The molecule has 3 aromatic rings. The minimum Gasteiger partial charge on any atom is -0.452 e. The van der Waals surface area contributed by atoms with Gasteiger partial charge >= 0.3 is 5.97 Å². The van der Waals surface area contributed by atoms with Crippen molar-refractivity contribution in [3.8, 4) is 0 Å². The molecule has 1 N–H and O–H groups in total. The number of hydrogen-bond acceptors (Lipinski definition) is 5. The third kappa shape index (κ3) is 4.62. The van der Waals surface area contributed by atoms with Crippen LogP contribution in [0.3, 0.4) is 0 Å². The Morgan fingerprint density at radius 3 is 2.47 bits per heavy atom. The van der Waals surface area contributed by atoms with Gasteiger partial charge in [0, 0.05) is 19.8 Å². The van der Waals surface area contributed by atoms with Gasteiger partial charge in [0.05, 0.1) is 10.6 Å². The number of rotatable bonds is 6. The highest BCUT2D eigenvalue weighted by Crippen LogP contribution is 2.27. The molecule has 156 valence electrons. The Kier molecular flexibility index (Phi) is 6.40. The molecule has 0 atom stereocenters. The summed E-state index contributed by atoms with van der Waals surface area (Å²) in [5.41, 5.74) is 0.567. The number of carbonyl (C=O) groups is 2. The van der Waals surface area contributed by atoms with Crippen LogP contribution in [-0.2, 0) is 19.6 Å². The SMILES string of the molecule is CN(C)S(=O)(=O)c1cc(NC(=O)COC(=O)c2cccc3ccccc23)ccc1Cl. The molecule has 0 aliphatic heterocycles. The molecule has 7 nitrogen and oxygen atoms in total. The maximum absolute atomic E-state index is 12.4. The largest absolute Gasteiger partial charge is 0.452 e. The number of anilines is 1. The predicted octanol–water partition coefficient (Wildman–Crippen LogP) is 3.54. The van der Waals surface area contributed by atoms with Gasteiger partial charge < -0.3 is 10.1 Å². The topological polar surface area (TPSA) is 92.8 Å². The molecular weight excluding hydrogens is 428 g/mol. The van der Waals surface area contributed by atoms with E-state index in [-0.39, 0.29) is 15.6 Å². The summed E-state index contributed by atoms with van der Waals surface area (Å²) in [4.78, 5) is 24.5. The second kappa shape index (κ2) is 8.83. The summed E-state index contributed by atoms with van der Waals surface area (Å²) in [5.74, 6) is -1.24. The molecule has 30 heavy (non-hydrogen) atoms. The number of nitrogens with one attached hydrogen (secondary N) is 1. The molecule has 0 fully saturated rings. The monoisotopic (exact) mass is 446 g/mol. The Morgan fingerprint density at radius 1 is 1.03 bits per heavy atom. The first kappa shape index (κ1) is 21.8. The molecule has 0 saturated heterocycles. The summed E-state index contributed by atoms with van der Waals surface area (Å²) in [6.45, 7) is -0.527. The summed E-state index contributed by atoms with van der Waals surface area (Å²) < 4.78 is 30.8. The summed E-state index contributed by atoms with van der Waals surface area (Å²) >= 11 is 5.99. The molecule has 0 aliphatic rings. The molecule has 0 aliphatic carbocycles. The van der Waals surface area contributed by atoms with Gasteiger partial charge in [0.25, 0.3) is 5.91 Å². The summed E-state index contributed by atoms with van der Waals surface area (Å²) in [5, 5.41) is 4.14. The number of hydrogen-bond donors (Lipinski definition) is 1. The third-order valence-electron chi connectivity index (χ3n) is 4.32. The van der Waals surface area contributed by atoms with Gasteiger partial charge in [0.2, 0.25) is 10.0 Å². The van der Waals surface area contributed by atoms with Crippen molar-refractivity contribution in [2.24, 2.45) is 0 Å². The third-order valence-corrected chi connectivity index (χ3v) is 6.61. The van der Waals surface area contributed by atoms with Crippen LogP contribution < -0.4 is 5.32 Å². The lowest BCUT2D eigenvalue weighted by Crippen LogP contribution is -2.23. The van der Waals surface area contributed by atoms with Gasteiger partial charge in [-0.25, -0.2) is 17.5 Å². The van der Waals surface area contributed by atoms with E-state index in [1.54, 1.807) is 18.2 Å². The molecule has 3 rings (SSSR count). The van der Waals surface area contributed by atoms with E-state index in [0.717, 1.165) is 15.1 Å². The highest BCUT2D eigenvalue weighted by atomic mass is 35.5. The van der Waals surface area contributed by atoms with Crippen molar-refractivity contribution in [1.82, 2.24) is 4.31 Å². The molecule has 0 aromatic heterocycles. The van der Waals surface area contributed by atoms with Crippen LogP contribution in [0.4, 0.5) is 5.69 Å². The zero-order chi connectivity index (χ0) is 21.9. The van der Waals surface area contributed by atoms with Crippen LogP contribution in [0, 0.1) is 0 Å². The van der Waals surface area contributed by atoms with E-state index in [1.807, 2.05) is 24.3 Å². The number of sulfonamides is 1. The van der Waals surface area contributed by atoms with Crippen LogP contribution in [0.5, 0.6) is 0 Å². The first-order valence-electron chi connectivity index (χ1n) is 8.87. The normalized spacial score (nSPS) is 11.5. The van der Waals surface area contributed by atoms with Crippen LogP contribution in [0.15, 0.2) is 65.6 Å². The fraction of sp³-hybridized carbons (Fsp3) is 0.143. The number of ether oxygens (including phenoxy) is 1. The lowest BCUT2D eigenvalue weighted by molar-refractivity contribution is -0.119. The van der Waals surface area contributed by atoms with Gasteiger partial charge in [-0.3, -0.25) is 4.79 Å². The van der Waals surface area contributed by atoms with E-state index in [4.69, 9.17) is 16.3 Å². The molecule has 0 spiro atoms. The molecule has 3 aromatic carbocycles. The van der Waals surface area contributed by atoms with Gasteiger partial charge in [0.1, 0.15) is 4.90 Å². The second-order valence-corrected chi connectivity index (χ2v) is 9.11. The van der Waals surface area contributed by atoms with Crippen molar-refractivity contribution in [2.45, 2.75) is 4.90 Å². The fourth-order valence-corrected chi connectivity index (χ4v) is 4.18. The first-order valence-corrected chi connectivity index (χ1v) is 10.7. The fourth-order valence-electron chi connectivity index (χ4n) is 2.78. The zero-order valence-electron chi connectivity index (χ0n) is 16.3. The van der Waals surface area contributed by atoms with E-state index < -0.39 is 28.5 Å². The summed E-state index contributed by atoms with van der Waals surface area (Å²) in [6.07, 6.45) is 0. The van der Waals surface area contributed by atoms with Crippen LogP contribution in [0.1, 0.15) is 10.4 Å². The van der Waals surface area contributed by atoms with Crippen LogP contribution in [-0.4, -0.2) is 45.3 Å². The average Bonchev–Trinajstić information content (AvgIpc) is 2.72. The van der Waals surface area contributed by atoms with Crippen molar-refractivity contribution < 1.29 is 22.7 Å². The molecule has 0 radical (unpaired) electrons. The summed E-state index contributed by atoms with van der Waals surface area (Å²) in [7, 11) is -1.03. The van der Waals surface area contributed by atoms with Crippen molar-refractivity contribution in [2.75, 3.05) is 26.0 Å². The van der Waals surface area contributed by atoms with E-state index in [0.29, 0.717) is 5.56 Å². The number of halogens is 1. The molecule has 0 heterocycles. The maximum Gasteiger partial charge on any atom is 0.339 e. The molecular formula is C21H19ClN2O5S. The lowest BCUT2D eigenvalue weighted by Gasteiger charge is -2.14. The first-order chi connectivity index (χ1) is 14.2. The van der Waals surface area contributed by atoms with Crippen molar-refractivity contribution in [3.63, 3.8) is 0 Å². The Labute approximate surface area is 179 Å². The lowest BCUT2D eigenvalue weighted by atomic mass is 10.1. The Bertz CT molecular complexity index is 1220. The standard InChI is InChI=1S/C21H19ClN2O5S/c1-24(2)30(27,28)19-12-15(10-11-18(19)22)23-20(25)13-29-21(26)17-9-5-7-14-6-3-4-8-16(14)17/h3-12H,13H2,1-2H3,(H,23,25). The van der Waals surface area contributed by atoms with Gasteiger partial charge in [-0.05, 0) is 35.0 Å². The highest BCUT2D eigenvalue weighted by molar-refractivity contribution is 7.89. The van der Waals surface area contributed by atoms with E-state index >= 15 is 0 Å². The molecule has 0 saturated carbocycles. The number of carbonyl (C=O) groups excluding carboxylic acids is 2. The van der Waals surface area contributed by atoms with Crippen LogP contribution >= 0.6 is 11.6 Å². The predicted molar refractivity (Wildman–Crippen MR) is 115 cm³/mol. The molecule has 9 heteroatoms. The average molecular weight is 447 g/mol. The van der Waals surface area contributed by atoms with Crippen LogP contribution in [0.2, 0.25) is 5.02 Å². The number of nitrogens with zero attached hydrogens (tertiary/aromatic N) is 1. The minimum atomic E-state index is -3.78. The summed E-state index contributed by atoms with van der Waals surface area (Å²) in [6, 6.07) is 16.7. The Balaban J connectivity index is 1.70. The number of benzene rings is 3. The van der Waals surface area contributed by atoms with Gasteiger partial charge in [-0.15, -0.1) is 0 Å². The minimum absolute atomic E-state index is 0.0316. The smallest absolute Gasteiger partial charge is 0.339 e. The molecule has 1 amide bonds. The number of fused-ring (bicyclic) bond motifs is 1. The number of amides is 1. The van der Waals surface area contributed by atoms with Gasteiger partial charge in [-0.1, -0.05) is 48.0 Å². The van der Waals surface area contributed by atoms with Gasteiger partial charge in [0.15, 0.2) is 6.61 Å². The van der Waals surface area contributed by atoms with Crippen molar-refractivity contribution in [1.29, 1.82) is 0 Å². The maximum atomic E-state index is 12.4. The second-order valence-electron chi connectivity index (χ2n) is 6.58. The Hall–Kier alpha value is -2.94. The van der Waals surface area contributed by atoms with E-state index in [9.17, 15) is 18.0 Å². The zero-order valence-corrected chi connectivity index (χ0v) is 17.8. The number of esters is 1. The van der Waals surface area contributed by atoms with Crippen LogP contribution in [0.25, 0.3) is 10.8 Å². The van der Waals surface area contributed by atoms with Crippen molar-refractivity contribution in [3.05, 3.63) is 71.2 Å². The molecule has 0 bridgehead atoms. The van der Waals surface area contributed by atoms with E-state index in [2.05, 4.69) is 5.32 Å². The highest BCUT2D eigenvalue weighted by Gasteiger charge is 2.21. The van der Waals surface area contributed by atoms with Gasteiger partial charge in [-0.2, -0.15) is 0 Å².